The number of carbonyl (C=O) groups is 1. The van der Waals surface area contributed by atoms with E-state index < -0.39 is 0 Å². The Kier molecular flexibility index (Phi) is 3.75. The average Bonchev–Trinajstić information content (AvgIpc) is 3.02. The maximum atomic E-state index is 12.4. The Bertz CT molecular complexity index is 692. The number of benzene rings is 2. The molecular weight excluding hydrogens is 288 g/mol. The second kappa shape index (κ2) is 6.05. The third-order valence-corrected chi connectivity index (χ3v) is 4.73. The van der Waals surface area contributed by atoms with Gasteiger partial charge in [-0.15, -0.1) is 0 Å². The minimum Gasteiger partial charge on any atom is -0.489 e. The molecule has 1 amide bonds. The van der Waals surface area contributed by atoms with Gasteiger partial charge in [0.15, 0.2) is 0 Å². The molecule has 4 heteroatoms. The number of hydrogen-bond donors (Lipinski definition) is 2. The first-order valence-corrected chi connectivity index (χ1v) is 8.09. The Labute approximate surface area is 135 Å². The Morgan fingerprint density at radius 2 is 1.87 bits per heavy atom. The van der Waals surface area contributed by atoms with Gasteiger partial charge < -0.3 is 15.4 Å². The zero-order chi connectivity index (χ0) is 15.6. The fraction of sp³-hybridized carbons (Fsp3) is 0.316. The van der Waals surface area contributed by atoms with Crippen molar-refractivity contribution in [3.05, 3.63) is 65.7 Å². The van der Waals surface area contributed by atoms with E-state index in [0.29, 0.717) is 30.0 Å². The third-order valence-electron chi connectivity index (χ3n) is 4.73. The van der Waals surface area contributed by atoms with Crippen LogP contribution in [0.5, 0.6) is 5.75 Å². The summed E-state index contributed by atoms with van der Waals surface area (Å²) < 4.78 is 5.79. The molecule has 118 valence electrons. The monoisotopic (exact) mass is 308 g/mol. The SMILES string of the molecule is O=C(NC1C2CNCC21)c1cccc(OCc2ccccc2)c1. The van der Waals surface area contributed by atoms with Crippen molar-refractivity contribution in [3.63, 3.8) is 0 Å². The van der Waals surface area contributed by atoms with Crippen molar-refractivity contribution < 1.29 is 9.53 Å². The fourth-order valence-corrected chi connectivity index (χ4v) is 3.34. The number of amides is 1. The van der Waals surface area contributed by atoms with E-state index in [1.807, 2.05) is 54.6 Å². The van der Waals surface area contributed by atoms with Crippen LogP contribution in [0.2, 0.25) is 0 Å². The van der Waals surface area contributed by atoms with Gasteiger partial charge in [-0.25, -0.2) is 0 Å². The van der Waals surface area contributed by atoms with Crippen molar-refractivity contribution in [2.24, 2.45) is 11.8 Å². The molecule has 23 heavy (non-hydrogen) atoms. The first-order valence-electron chi connectivity index (χ1n) is 8.09. The zero-order valence-corrected chi connectivity index (χ0v) is 12.9. The van der Waals surface area contributed by atoms with Crippen molar-refractivity contribution in [2.75, 3.05) is 13.1 Å². The Hall–Kier alpha value is -2.33. The van der Waals surface area contributed by atoms with Gasteiger partial charge in [-0.2, -0.15) is 0 Å². The minimum atomic E-state index is -0.00504. The predicted octanol–water partition coefficient (Wildman–Crippen LogP) is 2.21. The van der Waals surface area contributed by atoms with Crippen LogP contribution in [0.3, 0.4) is 0 Å². The normalized spacial score (nSPS) is 24.8. The Morgan fingerprint density at radius 3 is 2.65 bits per heavy atom. The van der Waals surface area contributed by atoms with E-state index in [9.17, 15) is 4.79 Å². The summed E-state index contributed by atoms with van der Waals surface area (Å²) in [6.45, 7) is 2.55. The maximum Gasteiger partial charge on any atom is 0.251 e. The van der Waals surface area contributed by atoms with Gasteiger partial charge in [-0.3, -0.25) is 4.79 Å². The number of rotatable bonds is 5. The van der Waals surface area contributed by atoms with Crippen LogP contribution in [0.15, 0.2) is 54.6 Å². The van der Waals surface area contributed by atoms with Crippen LogP contribution < -0.4 is 15.4 Å². The van der Waals surface area contributed by atoms with Gasteiger partial charge in [0, 0.05) is 24.7 Å². The van der Waals surface area contributed by atoms with E-state index in [1.54, 1.807) is 0 Å². The highest BCUT2D eigenvalue weighted by atomic mass is 16.5. The molecule has 0 aromatic heterocycles. The number of ether oxygens (including phenoxy) is 1. The lowest BCUT2D eigenvalue weighted by molar-refractivity contribution is 0.0946. The van der Waals surface area contributed by atoms with Gasteiger partial charge in [-0.05, 0) is 35.6 Å². The molecule has 2 aromatic rings. The number of carbonyl (C=O) groups excluding carboxylic acids is 1. The van der Waals surface area contributed by atoms with Gasteiger partial charge in [0.2, 0.25) is 0 Å². The Balaban J connectivity index is 1.37. The number of fused-ring (bicyclic) bond motifs is 1. The quantitative estimate of drug-likeness (QED) is 0.890. The summed E-state index contributed by atoms with van der Waals surface area (Å²) in [4.78, 5) is 12.4. The molecule has 1 heterocycles. The van der Waals surface area contributed by atoms with E-state index in [0.717, 1.165) is 24.4 Å². The maximum absolute atomic E-state index is 12.4. The molecule has 2 unspecified atom stereocenters. The van der Waals surface area contributed by atoms with Crippen LogP contribution in [0.1, 0.15) is 15.9 Å². The second-order valence-corrected chi connectivity index (χ2v) is 6.29. The fourth-order valence-electron chi connectivity index (χ4n) is 3.34. The number of hydrogen-bond acceptors (Lipinski definition) is 3. The molecule has 4 rings (SSSR count). The lowest BCUT2D eigenvalue weighted by Gasteiger charge is -2.10. The van der Waals surface area contributed by atoms with Crippen LogP contribution in [-0.4, -0.2) is 25.0 Å². The van der Waals surface area contributed by atoms with E-state index >= 15 is 0 Å². The lowest BCUT2D eigenvalue weighted by Crippen LogP contribution is -2.32. The smallest absolute Gasteiger partial charge is 0.251 e. The molecule has 0 bridgehead atoms. The first kappa shape index (κ1) is 14.3. The first-order chi connectivity index (χ1) is 11.3. The van der Waals surface area contributed by atoms with Gasteiger partial charge in [0.05, 0.1) is 0 Å². The molecule has 1 saturated heterocycles. The van der Waals surface area contributed by atoms with Gasteiger partial charge in [0.25, 0.3) is 5.91 Å². The Morgan fingerprint density at radius 1 is 1.09 bits per heavy atom. The molecule has 1 aliphatic carbocycles. The highest BCUT2D eigenvalue weighted by Gasteiger charge is 2.53. The van der Waals surface area contributed by atoms with Crippen LogP contribution >= 0.6 is 0 Å². The number of piperidine rings is 1. The minimum absolute atomic E-state index is 0.00504. The van der Waals surface area contributed by atoms with Crippen molar-refractivity contribution >= 4 is 5.91 Å². The zero-order valence-electron chi connectivity index (χ0n) is 12.9. The van der Waals surface area contributed by atoms with Crippen LogP contribution in [0.4, 0.5) is 0 Å². The molecule has 1 saturated carbocycles. The molecule has 2 fully saturated rings. The lowest BCUT2D eigenvalue weighted by atomic mass is 10.2. The number of nitrogens with one attached hydrogen (secondary N) is 2. The molecule has 2 N–H and O–H groups in total. The molecular formula is C19H20N2O2. The van der Waals surface area contributed by atoms with Crippen LogP contribution in [0, 0.1) is 11.8 Å². The van der Waals surface area contributed by atoms with Crippen LogP contribution in [-0.2, 0) is 6.61 Å². The van der Waals surface area contributed by atoms with Crippen molar-refractivity contribution in [1.29, 1.82) is 0 Å². The van der Waals surface area contributed by atoms with Crippen molar-refractivity contribution in [3.8, 4) is 5.75 Å². The highest BCUT2D eigenvalue weighted by molar-refractivity contribution is 5.95. The molecule has 0 radical (unpaired) electrons. The summed E-state index contributed by atoms with van der Waals surface area (Å²) in [7, 11) is 0. The molecule has 2 aliphatic rings. The topological polar surface area (TPSA) is 50.4 Å². The molecule has 2 aromatic carbocycles. The van der Waals surface area contributed by atoms with Crippen LogP contribution in [0.25, 0.3) is 0 Å². The summed E-state index contributed by atoms with van der Waals surface area (Å²) in [6, 6.07) is 17.8. The van der Waals surface area contributed by atoms with E-state index in [1.165, 1.54) is 0 Å². The van der Waals surface area contributed by atoms with Gasteiger partial charge >= 0.3 is 0 Å². The van der Waals surface area contributed by atoms with Crippen molar-refractivity contribution in [1.82, 2.24) is 10.6 Å². The largest absolute Gasteiger partial charge is 0.489 e. The summed E-state index contributed by atoms with van der Waals surface area (Å²) in [5.41, 5.74) is 1.77. The molecule has 1 aliphatic heterocycles. The van der Waals surface area contributed by atoms with E-state index in [4.69, 9.17) is 4.74 Å². The highest BCUT2D eigenvalue weighted by Crippen LogP contribution is 2.41. The van der Waals surface area contributed by atoms with Crippen molar-refractivity contribution in [2.45, 2.75) is 12.6 Å². The average molecular weight is 308 g/mol. The van der Waals surface area contributed by atoms with E-state index in [2.05, 4.69) is 10.6 Å². The summed E-state index contributed by atoms with van der Waals surface area (Å²) in [5, 5.41) is 6.47. The van der Waals surface area contributed by atoms with Gasteiger partial charge in [-0.1, -0.05) is 36.4 Å². The summed E-state index contributed by atoms with van der Waals surface area (Å²) in [6.07, 6.45) is 0. The molecule has 2 atom stereocenters. The van der Waals surface area contributed by atoms with Gasteiger partial charge in [0.1, 0.15) is 12.4 Å². The standard InChI is InChI=1S/C19H20N2O2/c22-19(21-18-16-10-20-11-17(16)18)14-7-4-8-15(9-14)23-12-13-5-2-1-3-6-13/h1-9,16-18,20H,10-12H2,(H,21,22). The second-order valence-electron chi connectivity index (χ2n) is 6.29. The van der Waals surface area contributed by atoms with E-state index in [-0.39, 0.29) is 5.91 Å². The summed E-state index contributed by atoms with van der Waals surface area (Å²) in [5.74, 6) is 1.96. The third kappa shape index (κ3) is 3.08. The molecule has 4 nitrogen and oxygen atoms in total. The molecule has 0 spiro atoms. The summed E-state index contributed by atoms with van der Waals surface area (Å²) >= 11 is 0. The predicted molar refractivity (Wildman–Crippen MR) is 88.3 cm³/mol.